The maximum Gasteiger partial charge on any atom is 0.251 e. The van der Waals surface area contributed by atoms with Gasteiger partial charge in [0.15, 0.2) is 11.5 Å². The van der Waals surface area contributed by atoms with Crippen molar-refractivity contribution in [3.05, 3.63) is 65.4 Å². The lowest BCUT2D eigenvalue weighted by Crippen LogP contribution is -2.45. The minimum absolute atomic E-state index is 0.126. The Morgan fingerprint density at radius 3 is 2.94 bits per heavy atom. The van der Waals surface area contributed by atoms with Crippen LogP contribution in [0, 0.1) is 0 Å². The molecule has 0 bridgehead atoms. The Labute approximate surface area is 199 Å². The van der Waals surface area contributed by atoms with Gasteiger partial charge in [0, 0.05) is 30.3 Å². The summed E-state index contributed by atoms with van der Waals surface area (Å²) in [6, 6.07) is 13.8. The molecule has 1 amide bonds. The molecule has 1 saturated heterocycles. The Morgan fingerprint density at radius 2 is 2.03 bits per heavy atom. The van der Waals surface area contributed by atoms with Gasteiger partial charge in [-0.2, -0.15) is 0 Å². The second-order valence-electron chi connectivity index (χ2n) is 8.86. The average Bonchev–Trinajstić information content (AvgIpc) is 3.17. The molecule has 5 rings (SSSR count). The zero-order valence-electron chi connectivity index (χ0n) is 19.3. The fraction of sp³-hybridized carbons (Fsp3) is 0.385. The normalized spacial score (nSPS) is 20.1. The molecule has 0 aliphatic carbocycles. The monoisotopic (exact) mass is 461 g/mol. The van der Waals surface area contributed by atoms with Crippen LogP contribution in [0.3, 0.4) is 0 Å². The summed E-state index contributed by atoms with van der Waals surface area (Å²) in [6.07, 6.45) is 5.30. The number of nitrogens with one attached hydrogen (secondary N) is 2. The van der Waals surface area contributed by atoms with Crippen LogP contribution in [-0.4, -0.2) is 55.5 Å². The van der Waals surface area contributed by atoms with Gasteiger partial charge in [0.2, 0.25) is 0 Å². The Balaban J connectivity index is 1.30. The first kappa shape index (κ1) is 22.3. The first-order valence-electron chi connectivity index (χ1n) is 11.9. The number of benzene rings is 2. The molecule has 1 atom stereocenters. The molecule has 0 spiro atoms. The highest BCUT2D eigenvalue weighted by Gasteiger charge is 2.26. The van der Waals surface area contributed by atoms with E-state index in [0.29, 0.717) is 43.7 Å². The fourth-order valence-corrected chi connectivity index (χ4v) is 4.65. The standard InChI is InChI=1S/C26H31N5O3/c27-25-17-31(21-6-1-2-9-28-15-21)22(16-29-25)19-4-3-5-20(13-19)26(32)30-14-18-7-8-23-24(12-18)34-11-10-33-23/h3-5,7-8,12-13,16,21,28H,1-2,6,9-11,14-15,17H2,(H2,27,29)(H,30,32)/t21-/m0/s1. The SMILES string of the molecule is NC1=NC=C(c2cccc(C(=O)NCc3ccc4c(c3)OCCO4)c2)N([C@H]2CCCCNC2)C1. The molecule has 34 heavy (non-hydrogen) atoms. The number of ether oxygens (including phenoxy) is 2. The van der Waals surface area contributed by atoms with Gasteiger partial charge >= 0.3 is 0 Å². The predicted molar refractivity (Wildman–Crippen MR) is 132 cm³/mol. The minimum Gasteiger partial charge on any atom is -0.486 e. The number of nitrogens with two attached hydrogens (primary N) is 1. The highest BCUT2D eigenvalue weighted by Crippen LogP contribution is 2.31. The van der Waals surface area contributed by atoms with Crippen molar-refractivity contribution in [1.82, 2.24) is 15.5 Å². The van der Waals surface area contributed by atoms with Crippen molar-refractivity contribution >= 4 is 17.4 Å². The third kappa shape index (κ3) is 5.02. The number of fused-ring (bicyclic) bond motifs is 1. The molecule has 3 aliphatic heterocycles. The maximum atomic E-state index is 13.0. The summed E-state index contributed by atoms with van der Waals surface area (Å²) < 4.78 is 11.2. The van der Waals surface area contributed by atoms with Crippen LogP contribution in [0.25, 0.3) is 5.70 Å². The minimum atomic E-state index is -0.126. The van der Waals surface area contributed by atoms with E-state index in [1.165, 1.54) is 12.8 Å². The van der Waals surface area contributed by atoms with Crippen LogP contribution < -0.4 is 25.8 Å². The summed E-state index contributed by atoms with van der Waals surface area (Å²) in [6.45, 7) is 4.06. The molecular formula is C26H31N5O3. The topological polar surface area (TPSA) is 101 Å². The molecular weight excluding hydrogens is 430 g/mol. The fourth-order valence-electron chi connectivity index (χ4n) is 4.65. The van der Waals surface area contributed by atoms with Crippen LogP contribution >= 0.6 is 0 Å². The summed E-state index contributed by atoms with van der Waals surface area (Å²) >= 11 is 0. The van der Waals surface area contributed by atoms with E-state index in [2.05, 4.69) is 20.5 Å². The molecule has 0 unspecified atom stereocenters. The Morgan fingerprint density at radius 1 is 1.15 bits per heavy atom. The zero-order valence-corrected chi connectivity index (χ0v) is 19.3. The molecule has 0 radical (unpaired) electrons. The largest absolute Gasteiger partial charge is 0.486 e. The van der Waals surface area contributed by atoms with Crippen molar-refractivity contribution in [2.45, 2.75) is 31.8 Å². The van der Waals surface area contributed by atoms with Gasteiger partial charge in [-0.15, -0.1) is 0 Å². The third-order valence-corrected chi connectivity index (χ3v) is 6.44. The van der Waals surface area contributed by atoms with E-state index in [1.54, 1.807) is 0 Å². The number of carbonyl (C=O) groups is 1. The summed E-state index contributed by atoms with van der Waals surface area (Å²) in [4.78, 5) is 19.7. The highest BCUT2D eigenvalue weighted by atomic mass is 16.6. The van der Waals surface area contributed by atoms with E-state index in [1.807, 2.05) is 48.7 Å². The van der Waals surface area contributed by atoms with Crippen molar-refractivity contribution in [2.24, 2.45) is 10.7 Å². The number of rotatable bonds is 5. The third-order valence-electron chi connectivity index (χ3n) is 6.44. The van der Waals surface area contributed by atoms with Gasteiger partial charge in [0.25, 0.3) is 5.91 Å². The van der Waals surface area contributed by atoms with Gasteiger partial charge < -0.3 is 30.7 Å². The van der Waals surface area contributed by atoms with Gasteiger partial charge in [-0.25, -0.2) is 4.99 Å². The highest BCUT2D eigenvalue weighted by molar-refractivity contribution is 5.95. The molecule has 0 saturated carbocycles. The zero-order chi connectivity index (χ0) is 23.3. The van der Waals surface area contributed by atoms with E-state index < -0.39 is 0 Å². The van der Waals surface area contributed by atoms with E-state index in [0.717, 1.165) is 47.8 Å². The molecule has 2 aromatic carbocycles. The number of amidine groups is 1. The smallest absolute Gasteiger partial charge is 0.251 e. The van der Waals surface area contributed by atoms with Crippen LogP contribution in [0.15, 0.2) is 53.7 Å². The number of carbonyl (C=O) groups excluding carboxylic acids is 1. The summed E-state index contributed by atoms with van der Waals surface area (Å²) in [5.74, 6) is 1.95. The lowest BCUT2D eigenvalue weighted by atomic mass is 10.0. The molecule has 3 heterocycles. The molecule has 4 N–H and O–H groups in total. The quantitative estimate of drug-likeness (QED) is 0.633. The second-order valence-corrected chi connectivity index (χ2v) is 8.86. The Bertz CT molecular complexity index is 1110. The van der Waals surface area contributed by atoms with Crippen molar-refractivity contribution in [2.75, 3.05) is 32.8 Å². The van der Waals surface area contributed by atoms with Gasteiger partial charge in [-0.05, 0) is 49.2 Å². The number of hydrogen-bond acceptors (Lipinski definition) is 7. The van der Waals surface area contributed by atoms with E-state index >= 15 is 0 Å². The number of nitrogens with zero attached hydrogens (tertiary/aromatic N) is 2. The summed E-state index contributed by atoms with van der Waals surface area (Å²) in [7, 11) is 0. The molecule has 2 aromatic rings. The molecule has 0 aromatic heterocycles. The van der Waals surface area contributed by atoms with E-state index in [4.69, 9.17) is 15.2 Å². The van der Waals surface area contributed by atoms with Crippen LogP contribution in [0.4, 0.5) is 0 Å². The Kier molecular flexibility index (Phi) is 6.67. The van der Waals surface area contributed by atoms with Gasteiger partial charge in [-0.3, -0.25) is 4.79 Å². The molecule has 1 fully saturated rings. The molecule has 3 aliphatic rings. The maximum absolute atomic E-state index is 13.0. The van der Waals surface area contributed by atoms with E-state index in [-0.39, 0.29) is 5.91 Å². The van der Waals surface area contributed by atoms with Crippen LogP contribution in [0.5, 0.6) is 11.5 Å². The lowest BCUT2D eigenvalue weighted by Gasteiger charge is -2.36. The van der Waals surface area contributed by atoms with Crippen molar-refractivity contribution in [3.63, 3.8) is 0 Å². The lowest BCUT2D eigenvalue weighted by molar-refractivity contribution is 0.0950. The van der Waals surface area contributed by atoms with Crippen molar-refractivity contribution in [3.8, 4) is 11.5 Å². The summed E-state index contributed by atoms with van der Waals surface area (Å²) in [5.41, 5.74) is 9.63. The van der Waals surface area contributed by atoms with Crippen LogP contribution in [0.2, 0.25) is 0 Å². The Hall–Kier alpha value is -3.52. The van der Waals surface area contributed by atoms with Crippen molar-refractivity contribution < 1.29 is 14.3 Å². The van der Waals surface area contributed by atoms with Gasteiger partial charge in [-0.1, -0.05) is 24.6 Å². The van der Waals surface area contributed by atoms with Crippen LogP contribution in [-0.2, 0) is 6.54 Å². The predicted octanol–water partition coefficient (Wildman–Crippen LogP) is 2.50. The molecule has 8 nitrogen and oxygen atoms in total. The number of amides is 1. The van der Waals surface area contributed by atoms with Crippen LogP contribution in [0.1, 0.15) is 40.7 Å². The second kappa shape index (κ2) is 10.2. The van der Waals surface area contributed by atoms with Crippen molar-refractivity contribution in [1.29, 1.82) is 0 Å². The number of aliphatic imine (C=N–C) groups is 1. The molecule has 8 heteroatoms. The van der Waals surface area contributed by atoms with E-state index in [9.17, 15) is 4.79 Å². The van der Waals surface area contributed by atoms with Gasteiger partial charge in [0.05, 0.1) is 18.4 Å². The first-order chi connectivity index (χ1) is 16.7. The van der Waals surface area contributed by atoms with Gasteiger partial charge in [0.1, 0.15) is 19.0 Å². The first-order valence-corrected chi connectivity index (χ1v) is 11.9. The number of hydrogen-bond donors (Lipinski definition) is 3. The average molecular weight is 462 g/mol. The summed E-state index contributed by atoms with van der Waals surface area (Å²) in [5, 5.41) is 6.55. The molecule has 178 valence electrons.